The molecule has 6 heteroatoms. The summed E-state index contributed by atoms with van der Waals surface area (Å²) in [6, 6.07) is 8.09. The molecule has 1 heterocycles. The molecule has 0 atom stereocenters. The molecule has 0 aliphatic rings. The highest BCUT2D eigenvalue weighted by Gasteiger charge is 2.20. The fraction of sp³-hybridized carbons (Fsp3) is 0. The van der Waals surface area contributed by atoms with Crippen molar-refractivity contribution in [3.05, 3.63) is 52.3 Å². The molecule has 1 aromatic heterocycles. The van der Waals surface area contributed by atoms with Crippen molar-refractivity contribution in [1.82, 2.24) is 4.98 Å². The summed E-state index contributed by atoms with van der Waals surface area (Å²) >= 11 is 3.94. The zero-order chi connectivity index (χ0) is 13.6. The van der Waals surface area contributed by atoms with Crippen molar-refractivity contribution in [2.24, 2.45) is 0 Å². The number of hydrogen-bond donors (Lipinski definition) is 0. The van der Waals surface area contributed by atoms with Crippen molar-refractivity contribution in [1.29, 1.82) is 0 Å². The van der Waals surface area contributed by atoms with Gasteiger partial charge in [0.2, 0.25) is 0 Å². The zero-order valence-electron chi connectivity index (χ0n) is 9.25. The number of thiazole rings is 1. The van der Waals surface area contributed by atoms with E-state index in [4.69, 9.17) is 0 Å². The van der Waals surface area contributed by atoms with Gasteiger partial charge in [0.25, 0.3) is 0 Å². The van der Waals surface area contributed by atoms with Crippen LogP contribution in [0.1, 0.15) is 0 Å². The van der Waals surface area contributed by atoms with E-state index in [1.165, 1.54) is 11.3 Å². The first-order valence-electron chi connectivity index (χ1n) is 5.27. The molecule has 0 saturated carbocycles. The van der Waals surface area contributed by atoms with Crippen LogP contribution in [0.5, 0.6) is 0 Å². The number of para-hydroxylation sites is 1. The number of benzene rings is 2. The molecule has 0 bridgehead atoms. The molecule has 0 spiro atoms. The van der Waals surface area contributed by atoms with Crippen molar-refractivity contribution in [3.8, 4) is 10.6 Å². The summed E-state index contributed by atoms with van der Waals surface area (Å²) in [4.78, 5) is 4.22. The maximum absolute atomic E-state index is 14.0. The number of fused-ring (bicyclic) bond motifs is 1. The van der Waals surface area contributed by atoms with E-state index < -0.39 is 21.9 Å². The maximum atomic E-state index is 14.0. The van der Waals surface area contributed by atoms with E-state index in [-0.39, 0.29) is 5.56 Å². The molecule has 0 saturated heterocycles. The van der Waals surface area contributed by atoms with Gasteiger partial charge in [0.15, 0.2) is 17.5 Å². The van der Waals surface area contributed by atoms with Gasteiger partial charge in [0.05, 0.1) is 20.3 Å². The van der Waals surface area contributed by atoms with Gasteiger partial charge in [-0.2, -0.15) is 0 Å². The quantitative estimate of drug-likeness (QED) is 0.440. The number of rotatable bonds is 1. The number of halogens is 4. The van der Waals surface area contributed by atoms with E-state index in [1.807, 2.05) is 18.2 Å². The van der Waals surface area contributed by atoms with Crippen LogP contribution in [0, 0.1) is 17.5 Å². The molecular weight excluding hydrogens is 339 g/mol. The van der Waals surface area contributed by atoms with Gasteiger partial charge in [0, 0.05) is 0 Å². The second-order valence-corrected chi connectivity index (χ2v) is 5.66. The minimum atomic E-state index is -1.23. The largest absolute Gasteiger partial charge is 0.236 e. The molecule has 0 aliphatic heterocycles. The number of hydrogen-bond acceptors (Lipinski definition) is 2. The van der Waals surface area contributed by atoms with E-state index in [0.717, 1.165) is 10.8 Å². The molecule has 0 aliphatic carbocycles. The van der Waals surface area contributed by atoms with E-state index in [0.29, 0.717) is 10.5 Å². The normalized spacial score (nSPS) is 11.2. The van der Waals surface area contributed by atoms with Crippen LogP contribution in [-0.2, 0) is 0 Å². The summed E-state index contributed by atoms with van der Waals surface area (Å²) in [5, 5.41) is 0.318. The van der Waals surface area contributed by atoms with Crippen LogP contribution in [0.25, 0.3) is 20.8 Å². The molecule has 2 aromatic carbocycles. The molecule has 1 nitrogen and oxygen atoms in total. The Morgan fingerprint density at radius 1 is 1.05 bits per heavy atom. The summed E-state index contributed by atoms with van der Waals surface area (Å²) in [5.74, 6) is -3.19. The number of aromatic nitrogens is 1. The van der Waals surface area contributed by atoms with E-state index in [1.54, 1.807) is 6.07 Å². The zero-order valence-corrected chi connectivity index (χ0v) is 11.7. The smallest absolute Gasteiger partial charge is 0.175 e. The Bertz CT molecular complexity index is 752. The Labute approximate surface area is 118 Å². The van der Waals surface area contributed by atoms with Crippen LogP contribution >= 0.6 is 27.3 Å². The van der Waals surface area contributed by atoms with Crippen LogP contribution in [0.2, 0.25) is 0 Å². The highest BCUT2D eigenvalue weighted by Crippen LogP contribution is 2.35. The van der Waals surface area contributed by atoms with Gasteiger partial charge < -0.3 is 0 Å². The molecule has 96 valence electrons. The lowest BCUT2D eigenvalue weighted by atomic mass is 10.2. The number of nitrogens with zero attached hydrogens (tertiary/aromatic N) is 1. The summed E-state index contributed by atoms with van der Waals surface area (Å²) in [7, 11) is 0. The topological polar surface area (TPSA) is 12.9 Å². The molecule has 0 fully saturated rings. The van der Waals surface area contributed by atoms with Gasteiger partial charge >= 0.3 is 0 Å². The van der Waals surface area contributed by atoms with E-state index in [2.05, 4.69) is 20.9 Å². The Morgan fingerprint density at radius 2 is 1.79 bits per heavy atom. The lowest BCUT2D eigenvalue weighted by Gasteiger charge is -2.03. The van der Waals surface area contributed by atoms with Gasteiger partial charge in [-0.25, -0.2) is 18.2 Å². The van der Waals surface area contributed by atoms with Crippen LogP contribution in [-0.4, -0.2) is 4.98 Å². The molecule has 0 unspecified atom stereocenters. The van der Waals surface area contributed by atoms with Crippen LogP contribution in [0.3, 0.4) is 0 Å². The minimum absolute atomic E-state index is 0.0491. The Kier molecular flexibility index (Phi) is 3.06. The van der Waals surface area contributed by atoms with Crippen molar-refractivity contribution in [2.75, 3.05) is 0 Å². The predicted molar refractivity (Wildman–Crippen MR) is 72.6 cm³/mol. The van der Waals surface area contributed by atoms with Gasteiger partial charge in [-0.05, 0) is 34.1 Å². The van der Waals surface area contributed by atoms with Gasteiger partial charge in [-0.3, -0.25) is 0 Å². The van der Waals surface area contributed by atoms with Crippen molar-refractivity contribution >= 4 is 37.5 Å². The Hall–Kier alpha value is -1.40. The third-order valence-electron chi connectivity index (χ3n) is 2.63. The van der Waals surface area contributed by atoms with E-state index in [9.17, 15) is 13.2 Å². The summed E-state index contributed by atoms with van der Waals surface area (Å²) in [5.41, 5.74) is 0.648. The molecule has 0 amide bonds. The molecule has 19 heavy (non-hydrogen) atoms. The standard InChI is InChI=1S/C13H5BrF3NS/c14-10-11(16)6(5-7(15)12(10)17)13-18-8-3-1-2-4-9(8)19-13/h1-5H. The van der Waals surface area contributed by atoms with Gasteiger partial charge in [-0.15, -0.1) is 11.3 Å². The first-order chi connectivity index (χ1) is 9.08. The average molecular weight is 344 g/mol. The Morgan fingerprint density at radius 3 is 2.53 bits per heavy atom. The molecule has 0 radical (unpaired) electrons. The van der Waals surface area contributed by atoms with E-state index >= 15 is 0 Å². The summed E-state index contributed by atoms with van der Waals surface area (Å²) in [6.45, 7) is 0. The lowest BCUT2D eigenvalue weighted by Crippen LogP contribution is -1.94. The SMILES string of the molecule is Fc1cc(-c2nc3ccccc3s2)c(F)c(Br)c1F. The second-order valence-electron chi connectivity index (χ2n) is 3.83. The maximum Gasteiger partial charge on any atom is 0.175 e. The molecular formula is C13H5BrF3NS. The molecule has 3 rings (SSSR count). The third kappa shape index (κ3) is 2.04. The monoisotopic (exact) mass is 343 g/mol. The first kappa shape index (κ1) is 12.6. The second kappa shape index (κ2) is 4.61. The predicted octanol–water partition coefficient (Wildman–Crippen LogP) is 5.14. The Balaban J connectivity index is 2.27. The van der Waals surface area contributed by atoms with Crippen LogP contribution in [0.4, 0.5) is 13.2 Å². The third-order valence-corrected chi connectivity index (χ3v) is 4.39. The highest BCUT2D eigenvalue weighted by molar-refractivity contribution is 9.10. The fourth-order valence-corrected chi connectivity index (χ4v) is 3.09. The molecule has 3 aromatic rings. The minimum Gasteiger partial charge on any atom is -0.236 e. The highest BCUT2D eigenvalue weighted by atomic mass is 79.9. The first-order valence-corrected chi connectivity index (χ1v) is 6.88. The molecule has 0 N–H and O–H groups in total. The van der Waals surface area contributed by atoms with Crippen molar-refractivity contribution in [3.63, 3.8) is 0 Å². The average Bonchev–Trinajstić information content (AvgIpc) is 2.84. The lowest BCUT2D eigenvalue weighted by molar-refractivity contribution is 0.489. The van der Waals surface area contributed by atoms with Crippen molar-refractivity contribution in [2.45, 2.75) is 0 Å². The van der Waals surface area contributed by atoms with Crippen LogP contribution in [0.15, 0.2) is 34.8 Å². The van der Waals surface area contributed by atoms with Gasteiger partial charge in [-0.1, -0.05) is 12.1 Å². The van der Waals surface area contributed by atoms with Crippen LogP contribution < -0.4 is 0 Å². The van der Waals surface area contributed by atoms with Gasteiger partial charge in [0.1, 0.15) is 5.01 Å². The summed E-state index contributed by atoms with van der Waals surface area (Å²) in [6.07, 6.45) is 0. The van der Waals surface area contributed by atoms with Crippen molar-refractivity contribution < 1.29 is 13.2 Å². The fourth-order valence-electron chi connectivity index (χ4n) is 1.72. The summed E-state index contributed by atoms with van der Waals surface area (Å²) < 4.78 is 40.9.